The van der Waals surface area contributed by atoms with Crippen LogP contribution in [0.25, 0.3) is 0 Å². The number of sulfonamides is 1. The Morgan fingerprint density at radius 3 is 1.89 bits per heavy atom. The van der Waals surface area contributed by atoms with Crippen molar-refractivity contribution in [3.63, 3.8) is 0 Å². The quantitative estimate of drug-likeness (QED) is 0.824. The molecule has 0 aliphatic carbocycles. The Bertz CT molecular complexity index is 485. The molecule has 0 fully saturated rings. The smallest absolute Gasteiger partial charge is 0.229 e. The summed E-state index contributed by atoms with van der Waals surface area (Å²) in [5.41, 5.74) is 2.10. The summed E-state index contributed by atoms with van der Waals surface area (Å²) >= 11 is 0. The van der Waals surface area contributed by atoms with Crippen LogP contribution in [0.4, 0.5) is 5.69 Å². The third kappa shape index (κ3) is 4.86. The van der Waals surface area contributed by atoms with Crippen molar-refractivity contribution in [3.8, 4) is 0 Å². The molecule has 0 unspecified atom stereocenters. The van der Waals surface area contributed by atoms with Crippen LogP contribution in [0.2, 0.25) is 0 Å². The van der Waals surface area contributed by atoms with Gasteiger partial charge >= 0.3 is 0 Å². The SMILES string of the molecule is CCCC(C)(CCC)c1ccc(NS(C)(=O)=O)cc1. The van der Waals surface area contributed by atoms with E-state index in [1.54, 1.807) is 0 Å². The van der Waals surface area contributed by atoms with Gasteiger partial charge in [-0.2, -0.15) is 0 Å². The van der Waals surface area contributed by atoms with E-state index >= 15 is 0 Å². The van der Waals surface area contributed by atoms with E-state index in [-0.39, 0.29) is 5.41 Å². The average molecular weight is 283 g/mol. The zero-order chi connectivity index (χ0) is 14.5. The van der Waals surface area contributed by atoms with Gasteiger partial charge in [0.2, 0.25) is 10.0 Å². The molecule has 0 bridgehead atoms. The van der Waals surface area contributed by atoms with Gasteiger partial charge in [-0.05, 0) is 36.0 Å². The third-order valence-electron chi connectivity index (χ3n) is 3.49. The normalized spacial score (nSPS) is 12.4. The predicted octanol–water partition coefficient (Wildman–Crippen LogP) is 3.92. The van der Waals surface area contributed by atoms with Crippen LogP contribution in [0.5, 0.6) is 0 Å². The van der Waals surface area contributed by atoms with E-state index in [0.29, 0.717) is 5.69 Å². The topological polar surface area (TPSA) is 46.2 Å². The Morgan fingerprint density at radius 1 is 1.05 bits per heavy atom. The highest BCUT2D eigenvalue weighted by Crippen LogP contribution is 2.34. The van der Waals surface area contributed by atoms with Gasteiger partial charge in [-0.25, -0.2) is 8.42 Å². The minimum atomic E-state index is -3.20. The van der Waals surface area contributed by atoms with Crippen LogP contribution in [0, 0.1) is 0 Å². The summed E-state index contributed by atoms with van der Waals surface area (Å²) in [6.07, 6.45) is 5.78. The van der Waals surface area contributed by atoms with E-state index in [0.717, 1.165) is 25.7 Å². The lowest BCUT2D eigenvalue weighted by molar-refractivity contribution is 0.392. The van der Waals surface area contributed by atoms with Gasteiger partial charge in [0.05, 0.1) is 6.26 Å². The van der Waals surface area contributed by atoms with Gasteiger partial charge in [0.1, 0.15) is 0 Å². The molecule has 0 atom stereocenters. The molecule has 19 heavy (non-hydrogen) atoms. The Hall–Kier alpha value is -1.03. The highest BCUT2D eigenvalue weighted by molar-refractivity contribution is 7.92. The first-order chi connectivity index (χ1) is 8.80. The maximum absolute atomic E-state index is 11.2. The number of anilines is 1. The van der Waals surface area contributed by atoms with Gasteiger partial charge in [0.15, 0.2) is 0 Å². The number of rotatable bonds is 7. The second kappa shape index (κ2) is 6.42. The molecule has 0 saturated heterocycles. The van der Waals surface area contributed by atoms with Crippen molar-refractivity contribution in [1.82, 2.24) is 0 Å². The summed E-state index contributed by atoms with van der Waals surface area (Å²) < 4.78 is 24.8. The van der Waals surface area contributed by atoms with Gasteiger partial charge in [-0.1, -0.05) is 45.7 Å². The number of benzene rings is 1. The Morgan fingerprint density at radius 2 is 1.53 bits per heavy atom. The molecule has 108 valence electrons. The van der Waals surface area contributed by atoms with Crippen LogP contribution >= 0.6 is 0 Å². The first kappa shape index (κ1) is 16.0. The van der Waals surface area contributed by atoms with Crippen LogP contribution in [0.3, 0.4) is 0 Å². The van der Waals surface area contributed by atoms with E-state index in [4.69, 9.17) is 0 Å². The van der Waals surface area contributed by atoms with Gasteiger partial charge in [0, 0.05) is 5.69 Å². The van der Waals surface area contributed by atoms with Gasteiger partial charge in [0.25, 0.3) is 0 Å². The molecule has 1 aromatic carbocycles. The van der Waals surface area contributed by atoms with E-state index in [2.05, 4.69) is 25.5 Å². The lowest BCUT2D eigenvalue weighted by atomic mass is 9.75. The lowest BCUT2D eigenvalue weighted by Gasteiger charge is -2.30. The van der Waals surface area contributed by atoms with Crippen molar-refractivity contribution < 1.29 is 8.42 Å². The van der Waals surface area contributed by atoms with E-state index < -0.39 is 10.0 Å². The molecular formula is C15H25NO2S. The molecule has 1 rings (SSSR count). The highest BCUT2D eigenvalue weighted by atomic mass is 32.2. The predicted molar refractivity (Wildman–Crippen MR) is 82.1 cm³/mol. The maximum Gasteiger partial charge on any atom is 0.229 e. The summed E-state index contributed by atoms with van der Waals surface area (Å²) in [7, 11) is -3.20. The van der Waals surface area contributed by atoms with Crippen molar-refractivity contribution in [3.05, 3.63) is 29.8 Å². The monoisotopic (exact) mass is 283 g/mol. The van der Waals surface area contributed by atoms with Crippen molar-refractivity contribution in [2.45, 2.75) is 51.9 Å². The fourth-order valence-corrected chi connectivity index (χ4v) is 3.24. The van der Waals surface area contributed by atoms with Gasteiger partial charge < -0.3 is 0 Å². The molecule has 1 N–H and O–H groups in total. The summed E-state index contributed by atoms with van der Waals surface area (Å²) in [6, 6.07) is 7.78. The van der Waals surface area contributed by atoms with Crippen LogP contribution in [0.15, 0.2) is 24.3 Å². The Kier molecular flexibility index (Phi) is 5.41. The number of hydrogen-bond donors (Lipinski definition) is 1. The highest BCUT2D eigenvalue weighted by Gasteiger charge is 2.24. The van der Waals surface area contributed by atoms with Gasteiger partial charge in [-0.3, -0.25) is 4.72 Å². The third-order valence-corrected chi connectivity index (χ3v) is 4.10. The van der Waals surface area contributed by atoms with Crippen molar-refractivity contribution in [1.29, 1.82) is 0 Å². The minimum absolute atomic E-state index is 0.188. The first-order valence-electron chi connectivity index (χ1n) is 6.89. The average Bonchev–Trinajstić information content (AvgIpc) is 2.28. The van der Waals surface area contributed by atoms with E-state index in [9.17, 15) is 8.42 Å². The van der Waals surface area contributed by atoms with Crippen LogP contribution in [0.1, 0.15) is 52.0 Å². The molecule has 0 radical (unpaired) electrons. The van der Waals surface area contributed by atoms with Crippen molar-refractivity contribution >= 4 is 15.7 Å². The molecule has 0 aliphatic heterocycles. The molecular weight excluding hydrogens is 258 g/mol. The first-order valence-corrected chi connectivity index (χ1v) is 8.78. The standard InChI is InChI=1S/C15H25NO2S/c1-5-11-15(3,12-6-2)13-7-9-14(10-8-13)16-19(4,17)18/h7-10,16H,5-6,11-12H2,1-4H3. The summed E-state index contributed by atoms with van der Waals surface area (Å²) in [4.78, 5) is 0. The second-order valence-corrected chi connectivity index (χ2v) is 7.26. The lowest BCUT2D eigenvalue weighted by Crippen LogP contribution is -2.21. The van der Waals surface area contributed by atoms with E-state index in [1.165, 1.54) is 11.8 Å². The molecule has 1 aromatic rings. The molecule has 3 nitrogen and oxygen atoms in total. The van der Waals surface area contributed by atoms with Crippen LogP contribution < -0.4 is 4.72 Å². The minimum Gasteiger partial charge on any atom is -0.284 e. The number of nitrogens with one attached hydrogen (secondary N) is 1. The summed E-state index contributed by atoms with van der Waals surface area (Å²) in [5.74, 6) is 0. The molecule has 0 aromatic heterocycles. The summed E-state index contributed by atoms with van der Waals surface area (Å²) in [5, 5.41) is 0. The summed E-state index contributed by atoms with van der Waals surface area (Å²) in [6.45, 7) is 6.69. The zero-order valence-electron chi connectivity index (χ0n) is 12.4. The fourth-order valence-electron chi connectivity index (χ4n) is 2.67. The molecule has 0 aliphatic rings. The second-order valence-electron chi connectivity index (χ2n) is 5.51. The van der Waals surface area contributed by atoms with Crippen molar-refractivity contribution in [2.75, 3.05) is 11.0 Å². The molecule has 0 heterocycles. The van der Waals surface area contributed by atoms with Gasteiger partial charge in [-0.15, -0.1) is 0 Å². The van der Waals surface area contributed by atoms with Crippen LogP contribution in [-0.4, -0.2) is 14.7 Å². The Labute approximate surface area is 117 Å². The fraction of sp³-hybridized carbons (Fsp3) is 0.600. The molecule has 0 amide bonds. The zero-order valence-corrected chi connectivity index (χ0v) is 13.2. The number of hydrogen-bond acceptors (Lipinski definition) is 2. The van der Waals surface area contributed by atoms with Crippen LogP contribution in [-0.2, 0) is 15.4 Å². The van der Waals surface area contributed by atoms with Crippen molar-refractivity contribution in [2.24, 2.45) is 0 Å². The Balaban J connectivity index is 2.95. The van der Waals surface area contributed by atoms with E-state index in [1.807, 2.05) is 24.3 Å². The largest absolute Gasteiger partial charge is 0.284 e. The molecule has 0 spiro atoms. The molecule has 0 saturated carbocycles. The maximum atomic E-state index is 11.2. The molecule has 4 heteroatoms.